The highest BCUT2D eigenvalue weighted by molar-refractivity contribution is 5.97. The van der Waals surface area contributed by atoms with Crippen molar-refractivity contribution in [1.29, 1.82) is 0 Å². The lowest BCUT2D eigenvalue weighted by atomic mass is 9.95. The van der Waals surface area contributed by atoms with Gasteiger partial charge in [-0.15, -0.1) is 0 Å². The summed E-state index contributed by atoms with van der Waals surface area (Å²) in [5, 5.41) is 7.55. The molecule has 4 rings (SSSR count). The molecule has 1 saturated heterocycles. The Morgan fingerprint density at radius 1 is 1.06 bits per heavy atom. The number of unbranched alkanes of at least 4 members (excludes halogenated alkanes) is 1. The van der Waals surface area contributed by atoms with Crippen molar-refractivity contribution in [1.82, 2.24) is 24.6 Å². The molecule has 3 aromatic rings. The number of para-hydroxylation sites is 1. The normalized spacial score (nSPS) is 14.5. The topological polar surface area (TPSA) is 72.2 Å². The van der Waals surface area contributed by atoms with Crippen LogP contribution in [0.3, 0.4) is 0 Å². The Morgan fingerprint density at radius 3 is 2.45 bits per heavy atom. The summed E-state index contributed by atoms with van der Waals surface area (Å²) in [5.74, 6) is 0.777. The summed E-state index contributed by atoms with van der Waals surface area (Å²) in [7, 11) is 0. The Balaban J connectivity index is 1.51. The van der Waals surface area contributed by atoms with Crippen LogP contribution in [0.1, 0.15) is 43.0 Å². The van der Waals surface area contributed by atoms with Crippen LogP contribution in [0.25, 0.3) is 11.5 Å². The third-order valence-electron chi connectivity index (χ3n) is 5.81. The zero-order valence-corrected chi connectivity index (χ0v) is 17.9. The molecule has 1 fully saturated rings. The molecule has 0 aliphatic carbocycles. The van der Waals surface area contributed by atoms with Gasteiger partial charge in [0.05, 0.1) is 11.9 Å². The molecule has 1 aliphatic heterocycles. The Hall–Kier alpha value is -3.35. The average Bonchev–Trinajstić information content (AvgIpc) is 3.49. The third-order valence-corrected chi connectivity index (χ3v) is 5.81. The smallest absolute Gasteiger partial charge is 0.259 e. The summed E-state index contributed by atoms with van der Waals surface area (Å²) in [6.07, 6.45) is 8.92. The van der Waals surface area contributed by atoms with Gasteiger partial charge in [0.1, 0.15) is 5.56 Å². The van der Waals surface area contributed by atoms with E-state index >= 15 is 0 Å². The highest BCUT2D eigenvalue weighted by Gasteiger charge is 2.30. The summed E-state index contributed by atoms with van der Waals surface area (Å²) in [6, 6.07) is 13.7. The molecule has 0 saturated carbocycles. The van der Waals surface area contributed by atoms with E-state index < -0.39 is 0 Å². The van der Waals surface area contributed by atoms with E-state index in [2.05, 4.69) is 17.3 Å². The predicted octanol–water partition coefficient (Wildman–Crippen LogP) is 3.43. The van der Waals surface area contributed by atoms with Crippen molar-refractivity contribution < 1.29 is 9.59 Å². The van der Waals surface area contributed by atoms with Gasteiger partial charge in [-0.25, -0.2) is 4.68 Å². The molecule has 1 aromatic carbocycles. The molecule has 7 nitrogen and oxygen atoms in total. The minimum atomic E-state index is -0.0456. The number of carbonyl (C=O) groups is 2. The molecule has 162 valence electrons. The molecule has 0 radical (unpaired) electrons. The molecule has 0 atom stereocenters. The fourth-order valence-corrected chi connectivity index (χ4v) is 4.02. The fraction of sp³-hybridized carbons (Fsp3) is 0.375. The Labute approximate surface area is 182 Å². The summed E-state index contributed by atoms with van der Waals surface area (Å²) in [6.45, 7) is 3.99. The molecule has 0 unspecified atom stereocenters. The van der Waals surface area contributed by atoms with Crippen LogP contribution in [0.5, 0.6) is 0 Å². The maximum Gasteiger partial charge on any atom is 0.259 e. The van der Waals surface area contributed by atoms with Crippen molar-refractivity contribution in [3.8, 4) is 11.5 Å². The Bertz CT molecular complexity index is 1000. The molecule has 7 heteroatoms. The lowest BCUT2D eigenvalue weighted by Gasteiger charge is -2.31. The lowest BCUT2D eigenvalue weighted by molar-refractivity contribution is -0.126. The minimum absolute atomic E-state index is 0.0168. The molecule has 1 N–H and O–H groups in total. The van der Waals surface area contributed by atoms with Gasteiger partial charge in [-0.1, -0.05) is 31.5 Å². The van der Waals surface area contributed by atoms with Gasteiger partial charge in [0.2, 0.25) is 5.91 Å². The quantitative estimate of drug-likeness (QED) is 0.597. The number of nitrogens with zero attached hydrogens (tertiary/aromatic N) is 4. The summed E-state index contributed by atoms with van der Waals surface area (Å²) >= 11 is 0. The Morgan fingerprint density at radius 2 is 1.77 bits per heavy atom. The van der Waals surface area contributed by atoms with Crippen molar-refractivity contribution in [2.75, 3.05) is 19.6 Å². The predicted molar refractivity (Wildman–Crippen MR) is 119 cm³/mol. The van der Waals surface area contributed by atoms with E-state index in [9.17, 15) is 9.59 Å². The number of benzene rings is 1. The van der Waals surface area contributed by atoms with Gasteiger partial charge in [-0.2, -0.15) is 5.10 Å². The third kappa shape index (κ3) is 4.55. The number of amides is 2. The van der Waals surface area contributed by atoms with E-state index in [1.807, 2.05) is 64.3 Å². The first-order valence-corrected chi connectivity index (χ1v) is 11.0. The van der Waals surface area contributed by atoms with E-state index in [4.69, 9.17) is 0 Å². The molecule has 0 bridgehead atoms. The number of carbonyl (C=O) groups excluding carboxylic acids is 2. The van der Waals surface area contributed by atoms with E-state index in [0.29, 0.717) is 31.5 Å². The number of hydrogen-bond donors (Lipinski definition) is 1. The highest BCUT2D eigenvalue weighted by atomic mass is 16.2. The highest BCUT2D eigenvalue weighted by Crippen LogP contribution is 2.24. The van der Waals surface area contributed by atoms with Crippen molar-refractivity contribution in [2.24, 2.45) is 5.92 Å². The Kier molecular flexibility index (Phi) is 6.50. The van der Waals surface area contributed by atoms with Gasteiger partial charge in [-0.05, 0) is 43.5 Å². The first-order chi connectivity index (χ1) is 15.2. The number of piperidine rings is 1. The van der Waals surface area contributed by atoms with Gasteiger partial charge < -0.3 is 14.8 Å². The van der Waals surface area contributed by atoms with Crippen LogP contribution in [0, 0.1) is 5.92 Å². The maximum absolute atomic E-state index is 13.4. The molecule has 31 heavy (non-hydrogen) atoms. The number of nitrogens with one attached hydrogen (secondary N) is 1. The van der Waals surface area contributed by atoms with Crippen LogP contribution in [0.2, 0.25) is 0 Å². The molecule has 2 aromatic heterocycles. The molecule has 1 aliphatic rings. The molecule has 3 heterocycles. The molecule has 2 amide bonds. The number of aromatic nitrogens is 3. The van der Waals surface area contributed by atoms with Crippen LogP contribution in [-0.4, -0.2) is 50.7 Å². The van der Waals surface area contributed by atoms with Crippen LogP contribution >= 0.6 is 0 Å². The summed E-state index contributed by atoms with van der Waals surface area (Å²) < 4.78 is 3.71. The number of hydrogen-bond acceptors (Lipinski definition) is 3. The SMILES string of the molecule is CCCCNC(=O)C1CCN(C(=O)c2cnn(-c3ccccc3)c2-n2cccc2)CC1. The molecular formula is C24H29N5O2. The van der Waals surface area contributed by atoms with Crippen molar-refractivity contribution >= 4 is 11.8 Å². The van der Waals surface area contributed by atoms with Crippen LogP contribution in [0.15, 0.2) is 61.1 Å². The van der Waals surface area contributed by atoms with Gasteiger partial charge >= 0.3 is 0 Å². The van der Waals surface area contributed by atoms with Gasteiger partial charge in [0.25, 0.3) is 5.91 Å². The number of rotatable bonds is 7. The lowest BCUT2D eigenvalue weighted by Crippen LogP contribution is -2.43. The first kappa shape index (κ1) is 20.9. The summed E-state index contributed by atoms with van der Waals surface area (Å²) in [4.78, 5) is 27.6. The van der Waals surface area contributed by atoms with Crippen molar-refractivity contribution in [3.63, 3.8) is 0 Å². The van der Waals surface area contributed by atoms with Crippen LogP contribution < -0.4 is 5.32 Å². The minimum Gasteiger partial charge on any atom is -0.356 e. The maximum atomic E-state index is 13.4. The largest absolute Gasteiger partial charge is 0.356 e. The van der Waals surface area contributed by atoms with Gasteiger partial charge in [-0.3, -0.25) is 9.59 Å². The van der Waals surface area contributed by atoms with E-state index in [0.717, 1.165) is 30.9 Å². The van der Waals surface area contributed by atoms with Gasteiger partial charge in [0, 0.05) is 37.9 Å². The van der Waals surface area contributed by atoms with E-state index in [1.165, 1.54) is 0 Å². The van der Waals surface area contributed by atoms with Crippen molar-refractivity contribution in [2.45, 2.75) is 32.6 Å². The second kappa shape index (κ2) is 9.64. The number of likely N-dealkylation sites (tertiary alicyclic amines) is 1. The van der Waals surface area contributed by atoms with Crippen molar-refractivity contribution in [3.05, 3.63) is 66.6 Å². The monoisotopic (exact) mass is 419 g/mol. The van der Waals surface area contributed by atoms with Crippen LogP contribution in [-0.2, 0) is 4.79 Å². The van der Waals surface area contributed by atoms with E-state index in [-0.39, 0.29) is 17.7 Å². The summed E-state index contributed by atoms with van der Waals surface area (Å²) in [5.41, 5.74) is 1.46. The second-order valence-electron chi connectivity index (χ2n) is 7.93. The first-order valence-electron chi connectivity index (χ1n) is 11.0. The second-order valence-corrected chi connectivity index (χ2v) is 7.93. The zero-order chi connectivity index (χ0) is 21.6. The zero-order valence-electron chi connectivity index (χ0n) is 17.9. The van der Waals surface area contributed by atoms with Crippen LogP contribution in [0.4, 0.5) is 0 Å². The average molecular weight is 420 g/mol. The van der Waals surface area contributed by atoms with Gasteiger partial charge in [0.15, 0.2) is 5.82 Å². The molecular weight excluding hydrogens is 390 g/mol. The molecule has 0 spiro atoms. The standard InChI is InChI=1S/C24H29N5O2/c1-2-3-13-25-22(30)19-11-16-28(17-12-19)24(31)21-18-26-29(20-9-5-4-6-10-20)23(21)27-14-7-8-15-27/h4-10,14-15,18-19H,2-3,11-13,16-17H2,1H3,(H,25,30). The van der Waals surface area contributed by atoms with E-state index in [1.54, 1.807) is 10.9 Å². The fourth-order valence-electron chi connectivity index (χ4n) is 4.02.